The monoisotopic (exact) mass is 520 g/mol. The van der Waals surface area contributed by atoms with Crippen LogP contribution in [0.25, 0.3) is 33.3 Å². The molecule has 2 aliphatic rings. The average molecular weight is 521 g/mol. The number of H-pyrrole nitrogens is 1. The van der Waals surface area contributed by atoms with Crippen molar-refractivity contribution in [1.29, 1.82) is 0 Å². The summed E-state index contributed by atoms with van der Waals surface area (Å²) < 4.78 is 5.63. The second-order valence-corrected chi connectivity index (χ2v) is 10.9. The number of para-hydroxylation sites is 1. The summed E-state index contributed by atoms with van der Waals surface area (Å²) in [6.07, 6.45) is 5.53. The first-order valence-electron chi connectivity index (χ1n) is 13.9. The Balaban J connectivity index is 1.03. The molecule has 2 aliphatic heterocycles. The van der Waals surface area contributed by atoms with E-state index in [1.54, 1.807) is 0 Å². The van der Waals surface area contributed by atoms with Gasteiger partial charge in [-0.2, -0.15) is 5.10 Å². The Morgan fingerprint density at radius 2 is 2.05 bits per heavy atom. The van der Waals surface area contributed by atoms with Crippen LogP contribution in [0.15, 0.2) is 59.1 Å². The molecular formula is C31H32N6O2. The van der Waals surface area contributed by atoms with E-state index in [9.17, 15) is 4.79 Å². The molecule has 5 aromatic rings. The molecule has 0 aliphatic carbocycles. The van der Waals surface area contributed by atoms with E-state index in [0.29, 0.717) is 24.8 Å². The van der Waals surface area contributed by atoms with Gasteiger partial charge in [0.05, 0.1) is 11.2 Å². The Hall–Kier alpha value is -4.04. The number of pyridine rings is 1. The number of benzene rings is 2. The van der Waals surface area contributed by atoms with Crippen LogP contribution in [-0.2, 0) is 24.3 Å². The second-order valence-electron chi connectivity index (χ2n) is 10.9. The highest BCUT2D eigenvalue weighted by Crippen LogP contribution is 2.32. The van der Waals surface area contributed by atoms with E-state index in [0.717, 1.165) is 84.6 Å². The molecule has 39 heavy (non-hydrogen) atoms. The van der Waals surface area contributed by atoms with Crippen LogP contribution in [0.1, 0.15) is 42.0 Å². The number of hydrogen-bond donors (Lipinski definition) is 1. The van der Waals surface area contributed by atoms with E-state index in [-0.39, 0.29) is 5.91 Å². The minimum absolute atomic E-state index is 0.247. The summed E-state index contributed by atoms with van der Waals surface area (Å²) in [5.41, 5.74) is 8.08. The third-order valence-electron chi connectivity index (χ3n) is 8.25. The van der Waals surface area contributed by atoms with Crippen molar-refractivity contribution in [2.24, 2.45) is 5.92 Å². The predicted octanol–water partition coefficient (Wildman–Crippen LogP) is 5.26. The van der Waals surface area contributed by atoms with Crippen molar-refractivity contribution in [1.82, 2.24) is 30.0 Å². The van der Waals surface area contributed by atoms with Crippen molar-refractivity contribution in [3.63, 3.8) is 0 Å². The lowest BCUT2D eigenvalue weighted by Crippen LogP contribution is -2.40. The topological polar surface area (TPSA) is 91.2 Å². The second kappa shape index (κ2) is 9.93. The fraction of sp³-hybridized carbons (Fsp3) is 0.355. The molecule has 0 spiro atoms. The number of fused-ring (bicyclic) bond motifs is 3. The van der Waals surface area contributed by atoms with Gasteiger partial charge in [-0.05, 0) is 61.2 Å². The molecule has 1 amide bonds. The van der Waals surface area contributed by atoms with Crippen LogP contribution >= 0.6 is 0 Å². The van der Waals surface area contributed by atoms with Crippen LogP contribution in [0.2, 0.25) is 0 Å². The molecule has 1 saturated heterocycles. The zero-order valence-corrected chi connectivity index (χ0v) is 22.2. The van der Waals surface area contributed by atoms with Crippen LogP contribution in [0.3, 0.4) is 0 Å². The Labute approximate surface area is 227 Å². The molecule has 1 fully saturated rings. The fourth-order valence-corrected chi connectivity index (χ4v) is 6.31. The van der Waals surface area contributed by atoms with Gasteiger partial charge in [0.2, 0.25) is 5.91 Å². The normalized spacial score (nSPS) is 18.1. The molecule has 8 nitrogen and oxygen atoms in total. The Kier molecular flexibility index (Phi) is 6.12. The van der Waals surface area contributed by atoms with Gasteiger partial charge in [-0.15, -0.1) is 0 Å². The van der Waals surface area contributed by atoms with E-state index < -0.39 is 0 Å². The summed E-state index contributed by atoms with van der Waals surface area (Å²) in [6.45, 7) is 6.10. The van der Waals surface area contributed by atoms with Gasteiger partial charge in [-0.3, -0.25) is 19.8 Å². The number of rotatable bonds is 5. The lowest BCUT2D eigenvalue weighted by molar-refractivity contribution is -0.133. The molecule has 198 valence electrons. The zero-order chi connectivity index (χ0) is 26.3. The highest BCUT2D eigenvalue weighted by Gasteiger charge is 2.29. The van der Waals surface area contributed by atoms with E-state index in [2.05, 4.69) is 49.3 Å². The van der Waals surface area contributed by atoms with Gasteiger partial charge in [0.25, 0.3) is 0 Å². The van der Waals surface area contributed by atoms with Crippen LogP contribution < -0.4 is 0 Å². The Morgan fingerprint density at radius 1 is 1.13 bits per heavy atom. The number of likely N-dealkylation sites (tertiary alicyclic amines) is 1. The number of oxazole rings is 1. The van der Waals surface area contributed by atoms with Crippen molar-refractivity contribution in [3.8, 4) is 11.3 Å². The Morgan fingerprint density at radius 3 is 3.00 bits per heavy atom. The van der Waals surface area contributed by atoms with Gasteiger partial charge >= 0.3 is 0 Å². The number of carbonyl (C=O) groups is 1. The summed E-state index contributed by atoms with van der Waals surface area (Å²) in [5.74, 6) is 1.28. The highest BCUT2D eigenvalue weighted by molar-refractivity contribution is 5.82. The Bertz CT molecular complexity index is 1670. The standard InChI is InChI=1S/C31H32N6O2/c1-20-33-28-16-22(8-9-29(28)39-20)31-25-19-37(14-11-27(25)34-35-31)30(38)15-21-5-4-13-36(17-21)18-23-10-12-32-26-7-3-2-6-24(23)26/h2-3,6-10,12,16,21H,4-5,11,13-15,17-19H2,1H3,(H,34,35)/t21-/m0/s1. The molecule has 0 radical (unpaired) electrons. The maximum Gasteiger partial charge on any atom is 0.223 e. The lowest BCUT2D eigenvalue weighted by atomic mass is 9.93. The largest absolute Gasteiger partial charge is 0.441 e. The quantitative estimate of drug-likeness (QED) is 0.340. The number of piperidine rings is 1. The molecule has 7 rings (SSSR count). The summed E-state index contributed by atoms with van der Waals surface area (Å²) in [7, 11) is 0. The maximum atomic E-state index is 13.5. The lowest BCUT2D eigenvalue weighted by Gasteiger charge is -2.34. The molecule has 1 atom stereocenters. The van der Waals surface area contributed by atoms with Crippen molar-refractivity contribution in [2.75, 3.05) is 19.6 Å². The van der Waals surface area contributed by atoms with Crippen LogP contribution in [0, 0.1) is 12.8 Å². The predicted molar refractivity (Wildman–Crippen MR) is 150 cm³/mol. The van der Waals surface area contributed by atoms with Gasteiger partial charge in [-0.25, -0.2) is 4.98 Å². The number of amides is 1. The third kappa shape index (κ3) is 4.69. The summed E-state index contributed by atoms with van der Waals surface area (Å²) in [6, 6.07) is 16.5. The van der Waals surface area contributed by atoms with Gasteiger partial charge in [-0.1, -0.05) is 18.2 Å². The summed E-state index contributed by atoms with van der Waals surface area (Å²) in [5, 5.41) is 9.07. The molecule has 0 bridgehead atoms. The molecule has 8 heteroatoms. The minimum atomic E-state index is 0.247. The summed E-state index contributed by atoms with van der Waals surface area (Å²) >= 11 is 0. The average Bonchev–Trinajstić information content (AvgIpc) is 3.55. The number of nitrogens with zero attached hydrogens (tertiary/aromatic N) is 5. The van der Waals surface area contributed by atoms with Crippen molar-refractivity contribution in [3.05, 3.63) is 77.4 Å². The number of aromatic nitrogens is 4. The molecule has 0 unspecified atom stereocenters. The number of aryl methyl sites for hydroxylation is 1. The van der Waals surface area contributed by atoms with Crippen LogP contribution in [0.4, 0.5) is 0 Å². The fourth-order valence-electron chi connectivity index (χ4n) is 6.31. The summed E-state index contributed by atoms with van der Waals surface area (Å²) in [4.78, 5) is 27.0. The number of aromatic amines is 1. The van der Waals surface area contributed by atoms with E-state index in [4.69, 9.17) is 4.42 Å². The molecule has 5 heterocycles. The van der Waals surface area contributed by atoms with Gasteiger partial charge < -0.3 is 9.32 Å². The first kappa shape index (κ1) is 24.0. The van der Waals surface area contributed by atoms with Crippen molar-refractivity contribution >= 4 is 27.9 Å². The third-order valence-corrected chi connectivity index (χ3v) is 8.25. The van der Waals surface area contributed by atoms with E-state index >= 15 is 0 Å². The van der Waals surface area contributed by atoms with Crippen molar-refractivity contribution in [2.45, 2.75) is 45.7 Å². The minimum Gasteiger partial charge on any atom is -0.441 e. The van der Waals surface area contributed by atoms with Crippen LogP contribution in [0.5, 0.6) is 0 Å². The van der Waals surface area contributed by atoms with Crippen LogP contribution in [-0.4, -0.2) is 55.5 Å². The highest BCUT2D eigenvalue weighted by atomic mass is 16.3. The first-order chi connectivity index (χ1) is 19.1. The smallest absolute Gasteiger partial charge is 0.223 e. The molecule has 0 saturated carbocycles. The molecule has 2 aromatic carbocycles. The van der Waals surface area contributed by atoms with Gasteiger partial charge in [0, 0.05) is 74.3 Å². The molecular weight excluding hydrogens is 488 g/mol. The maximum absolute atomic E-state index is 13.5. The number of carbonyl (C=O) groups excluding carboxylic acids is 1. The van der Waals surface area contributed by atoms with E-state index in [1.165, 1.54) is 10.9 Å². The first-order valence-corrected chi connectivity index (χ1v) is 13.9. The van der Waals surface area contributed by atoms with Gasteiger partial charge in [0.15, 0.2) is 11.5 Å². The molecule has 3 aromatic heterocycles. The zero-order valence-electron chi connectivity index (χ0n) is 22.2. The van der Waals surface area contributed by atoms with Gasteiger partial charge in [0.1, 0.15) is 5.52 Å². The molecule has 1 N–H and O–H groups in total. The number of nitrogens with one attached hydrogen (secondary N) is 1. The van der Waals surface area contributed by atoms with E-state index in [1.807, 2.05) is 42.3 Å². The SMILES string of the molecule is Cc1nc2cc(-c3n[nH]c4c3CN(C(=O)C[C@@H]3CCCN(Cc5ccnc6ccccc56)C3)CC4)ccc2o1. The van der Waals surface area contributed by atoms with Crippen molar-refractivity contribution < 1.29 is 9.21 Å². The number of hydrogen-bond acceptors (Lipinski definition) is 6.